The van der Waals surface area contributed by atoms with Crippen molar-refractivity contribution in [3.8, 4) is 0 Å². The third-order valence-electron chi connectivity index (χ3n) is 5.26. The standard InChI is InChI=1S/C23H25F2N3O3/c24-18-9-10-19(20(25)15-18)23(31)26-16-22(30)28-13-11-27(12-14-28)21(29)8-4-7-17-5-2-1-3-6-17/h1-3,5-6,9-10,15H,4,7-8,11-14,16H2,(H,26,31). The molecule has 1 aliphatic heterocycles. The maximum Gasteiger partial charge on any atom is 0.254 e. The van der Waals surface area contributed by atoms with E-state index >= 15 is 0 Å². The molecule has 3 amide bonds. The molecule has 164 valence electrons. The van der Waals surface area contributed by atoms with Crippen LogP contribution in [0.25, 0.3) is 0 Å². The van der Waals surface area contributed by atoms with Crippen LogP contribution in [0.15, 0.2) is 48.5 Å². The molecule has 0 unspecified atom stereocenters. The van der Waals surface area contributed by atoms with Gasteiger partial charge in [-0.1, -0.05) is 30.3 Å². The lowest BCUT2D eigenvalue weighted by Gasteiger charge is -2.35. The molecule has 0 atom stereocenters. The van der Waals surface area contributed by atoms with E-state index in [-0.39, 0.29) is 23.9 Å². The Morgan fingerprint density at radius 1 is 0.871 bits per heavy atom. The molecule has 0 saturated carbocycles. The number of halogens is 2. The largest absolute Gasteiger partial charge is 0.343 e. The van der Waals surface area contributed by atoms with Crippen molar-refractivity contribution in [2.24, 2.45) is 0 Å². The van der Waals surface area contributed by atoms with Crippen molar-refractivity contribution in [2.45, 2.75) is 19.3 Å². The Balaban J connectivity index is 1.38. The molecule has 1 N–H and O–H groups in total. The van der Waals surface area contributed by atoms with Crippen LogP contribution in [-0.4, -0.2) is 60.2 Å². The van der Waals surface area contributed by atoms with Crippen molar-refractivity contribution >= 4 is 17.7 Å². The minimum absolute atomic E-state index is 0.0723. The SMILES string of the molecule is O=C(NCC(=O)N1CCN(C(=O)CCCc2ccccc2)CC1)c1ccc(F)cc1F. The normalized spacial score (nSPS) is 13.7. The quantitative estimate of drug-likeness (QED) is 0.735. The van der Waals surface area contributed by atoms with Crippen LogP contribution in [0.3, 0.4) is 0 Å². The molecule has 6 nitrogen and oxygen atoms in total. The van der Waals surface area contributed by atoms with Crippen molar-refractivity contribution in [3.63, 3.8) is 0 Å². The third kappa shape index (κ3) is 6.34. The molecule has 1 aliphatic rings. The van der Waals surface area contributed by atoms with Crippen LogP contribution in [0, 0.1) is 11.6 Å². The molecule has 0 spiro atoms. The van der Waals surface area contributed by atoms with Gasteiger partial charge in [0.25, 0.3) is 5.91 Å². The fourth-order valence-electron chi connectivity index (χ4n) is 3.49. The van der Waals surface area contributed by atoms with E-state index in [0.717, 1.165) is 25.0 Å². The van der Waals surface area contributed by atoms with Gasteiger partial charge in [0.15, 0.2) is 0 Å². The van der Waals surface area contributed by atoms with Gasteiger partial charge >= 0.3 is 0 Å². The van der Waals surface area contributed by atoms with Crippen molar-refractivity contribution in [1.82, 2.24) is 15.1 Å². The van der Waals surface area contributed by atoms with Crippen LogP contribution in [0.2, 0.25) is 0 Å². The van der Waals surface area contributed by atoms with E-state index in [1.165, 1.54) is 5.56 Å². The number of hydrogen-bond donors (Lipinski definition) is 1. The average Bonchev–Trinajstić information content (AvgIpc) is 2.78. The molecule has 3 rings (SSSR count). The predicted molar refractivity (Wildman–Crippen MR) is 111 cm³/mol. The number of piperazine rings is 1. The average molecular weight is 429 g/mol. The maximum absolute atomic E-state index is 13.6. The number of nitrogens with zero attached hydrogens (tertiary/aromatic N) is 2. The van der Waals surface area contributed by atoms with E-state index in [4.69, 9.17) is 0 Å². The Morgan fingerprint density at radius 3 is 2.16 bits per heavy atom. The van der Waals surface area contributed by atoms with Crippen LogP contribution in [0.1, 0.15) is 28.8 Å². The first-order valence-electron chi connectivity index (χ1n) is 10.3. The highest BCUT2D eigenvalue weighted by molar-refractivity contribution is 5.96. The highest BCUT2D eigenvalue weighted by Gasteiger charge is 2.24. The Morgan fingerprint density at radius 2 is 1.52 bits per heavy atom. The van der Waals surface area contributed by atoms with Crippen molar-refractivity contribution in [1.29, 1.82) is 0 Å². The number of rotatable bonds is 7. The van der Waals surface area contributed by atoms with E-state index in [0.29, 0.717) is 38.7 Å². The number of amides is 3. The fraction of sp³-hybridized carbons (Fsp3) is 0.348. The summed E-state index contributed by atoms with van der Waals surface area (Å²) in [5.74, 6) is -2.78. The first-order valence-corrected chi connectivity index (χ1v) is 10.3. The molecule has 0 bridgehead atoms. The van der Waals surface area contributed by atoms with E-state index in [1.54, 1.807) is 9.80 Å². The van der Waals surface area contributed by atoms with Gasteiger partial charge in [0.2, 0.25) is 11.8 Å². The molecule has 0 aromatic heterocycles. The second-order valence-corrected chi connectivity index (χ2v) is 7.41. The van der Waals surface area contributed by atoms with Crippen LogP contribution in [-0.2, 0) is 16.0 Å². The lowest BCUT2D eigenvalue weighted by atomic mass is 10.1. The Kier molecular flexibility index (Phi) is 7.70. The lowest BCUT2D eigenvalue weighted by molar-refractivity contribution is -0.139. The van der Waals surface area contributed by atoms with Gasteiger partial charge in [0.05, 0.1) is 12.1 Å². The molecular weight excluding hydrogens is 404 g/mol. The van der Waals surface area contributed by atoms with Crippen LogP contribution >= 0.6 is 0 Å². The first kappa shape index (κ1) is 22.4. The van der Waals surface area contributed by atoms with Crippen molar-refractivity contribution in [3.05, 3.63) is 71.3 Å². The molecule has 0 radical (unpaired) electrons. The highest BCUT2D eigenvalue weighted by atomic mass is 19.1. The zero-order valence-electron chi connectivity index (χ0n) is 17.2. The molecule has 2 aromatic carbocycles. The van der Waals surface area contributed by atoms with Gasteiger partial charge in [-0.25, -0.2) is 8.78 Å². The highest BCUT2D eigenvalue weighted by Crippen LogP contribution is 2.11. The maximum atomic E-state index is 13.6. The van der Waals surface area contributed by atoms with Gasteiger partial charge < -0.3 is 15.1 Å². The van der Waals surface area contributed by atoms with E-state index in [9.17, 15) is 23.2 Å². The van der Waals surface area contributed by atoms with Crippen LogP contribution in [0.5, 0.6) is 0 Å². The molecule has 31 heavy (non-hydrogen) atoms. The Labute approximate surface area is 179 Å². The summed E-state index contributed by atoms with van der Waals surface area (Å²) >= 11 is 0. The van der Waals surface area contributed by atoms with Gasteiger partial charge in [-0.2, -0.15) is 0 Å². The second-order valence-electron chi connectivity index (χ2n) is 7.41. The summed E-state index contributed by atoms with van der Waals surface area (Å²) in [6, 6.07) is 12.6. The fourth-order valence-corrected chi connectivity index (χ4v) is 3.49. The summed E-state index contributed by atoms with van der Waals surface area (Å²) in [6.45, 7) is 1.35. The summed E-state index contributed by atoms with van der Waals surface area (Å²) in [5, 5.41) is 2.36. The Hall–Kier alpha value is -3.29. The number of benzene rings is 2. The summed E-state index contributed by atoms with van der Waals surface area (Å²) < 4.78 is 26.6. The monoisotopic (exact) mass is 429 g/mol. The van der Waals surface area contributed by atoms with Gasteiger partial charge in [-0.15, -0.1) is 0 Å². The van der Waals surface area contributed by atoms with E-state index in [2.05, 4.69) is 5.32 Å². The topological polar surface area (TPSA) is 69.7 Å². The molecule has 1 saturated heterocycles. The number of aryl methyl sites for hydroxylation is 1. The zero-order valence-corrected chi connectivity index (χ0v) is 17.2. The lowest BCUT2D eigenvalue weighted by Crippen LogP contribution is -2.52. The van der Waals surface area contributed by atoms with Crippen molar-refractivity contribution in [2.75, 3.05) is 32.7 Å². The van der Waals surface area contributed by atoms with Gasteiger partial charge in [0.1, 0.15) is 11.6 Å². The number of hydrogen-bond acceptors (Lipinski definition) is 3. The van der Waals surface area contributed by atoms with E-state index in [1.807, 2.05) is 30.3 Å². The summed E-state index contributed by atoms with van der Waals surface area (Å²) in [4.78, 5) is 40.1. The minimum Gasteiger partial charge on any atom is -0.343 e. The summed E-state index contributed by atoms with van der Waals surface area (Å²) in [6.07, 6.45) is 2.08. The first-order chi connectivity index (χ1) is 14.9. The molecule has 1 heterocycles. The zero-order chi connectivity index (χ0) is 22.2. The summed E-state index contributed by atoms with van der Waals surface area (Å²) in [7, 11) is 0. The Bertz CT molecular complexity index is 929. The van der Waals surface area contributed by atoms with Gasteiger partial charge in [-0.05, 0) is 30.5 Å². The predicted octanol–water partition coefficient (Wildman–Crippen LogP) is 2.39. The van der Waals surface area contributed by atoms with Gasteiger partial charge in [0, 0.05) is 38.7 Å². The molecule has 1 fully saturated rings. The number of carbonyl (C=O) groups is 3. The van der Waals surface area contributed by atoms with Gasteiger partial charge in [-0.3, -0.25) is 14.4 Å². The smallest absolute Gasteiger partial charge is 0.254 e. The molecule has 8 heteroatoms. The molecule has 0 aliphatic carbocycles. The minimum atomic E-state index is -0.982. The molecular formula is C23H25F2N3O3. The van der Waals surface area contributed by atoms with E-state index < -0.39 is 17.5 Å². The van der Waals surface area contributed by atoms with Crippen molar-refractivity contribution < 1.29 is 23.2 Å². The summed E-state index contributed by atoms with van der Waals surface area (Å²) in [5.41, 5.74) is 0.883. The van der Waals surface area contributed by atoms with Crippen LogP contribution in [0.4, 0.5) is 8.78 Å². The number of nitrogens with one attached hydrogen (secondary N) is 1. The number of carbonyl (C=O) groups excluding carboxylic acids is 3. The second kappa shape index (κ2) is 10.7. The molecule has 2 aromatic rings. The third-order valence-corrected chi connectivity index (χ3v) is 5.26. The van der Waals surface area contributed by atoms with Crippen LogP contribution < -0.4 is 5.32 Å².